The lowest BCUT2D eigenvalue weighted by molar-refractivity contribution is -0.136. The number of carbonyl (C=O) groups excluding carboxylic acids is 2. The molecule has 0 aromatic carbocycles. The van der Waals surface area contributed by atoms with E-state index in [4.69, 9.17) is 0 Å². The molecule has 0 bridgehead atoms. The van der Waals surface area contributed by atoms with Gasteiger partial charge in [0.1, 0.15) is 6.04 Å². The van der Waals surface area contributed by atoms with Gasteiger partial charge in [-0.25, -0.2) is 0 Å². The van der Waals surface area contributed by atoms with E-state index in [1.165, 1.54) is 0 Å². The Kier molecular flexibility index (Phi) is 6.36. The van der Waals surface area contributed by atoms with E-state index in [1.807, 2.05) is 44.1 Å². The lowest BCUT2D eigenvalue weighted by Crippen LogP contribution is -2.49. The van der Waals surface area contributed by atoms with Gasteiger partial charge in [-0.1, -0.05) is 6.08 Å². The second kappa shape index (κ2) is 8.26. The zero-order valence-electron chi connectivity index (χ0n) is 14.0. The first-order valence-corrected chi connectivity index (χ1v) is 8.78. The van der Waals surface area contributed by atoms with Gasteiger partial charge in [-0.3, -0.25) is 9.59 Å². The number of thiophene rings is 1. The molecule has 1 N–H and O–H groups in total. The number of hydrogen-bond donors (Lipinski definition) is 1. The van der Waals surface area contributed by atoms with Crippen molar-refractivity contribution in [2.75, 3.05) is 32.5 Å². The predicted molar refractivity (Wildman–Crippen MR) is 94.7 cm³/mol. The zero-order valence-corrected chi connectivity index (χ0v) is 14.9. The van der Waals surface area contributed by atoms with Crippen molar-refractivity contribution in [3.63, 3.8) is 0 Å². The molecule has 1 unspecified atom stereocenters. The second-order valence-corrected chi connectivity index (χ2v) is 7.40. The highest BCUT2D eigenvalue weighted by atomic mass is 32.1. The normalized spacial score (nSPS) is 18.6. The van der Waals surface area contributed by atoms with E-state index in [9.17, 15) is 9.59 Å². The minimum atomic E-state index is -0.373. The predicted octanol–water partition coefficient (Wildman–Crippen LogP) is 2.49. The number of aryl methyl sites for hydroxylation is 1. The highest BCUT2D eigenvalue weighted by Gasteiger charge is 2.31. The number of carbonyl (C=O) groups is 2. The number of nitrogens with zero attached hydrogens (tertiary/aromatic N) is 2. The molecule has 1 aromatic heterocycles. The van der Waals surface area contributed by atoms with Crippen molar-refractivity contribution in [3.8, 4) is 0 Å². The molecule has 23 heavy (non-hydrogen) atoms. The number of likely N-dealkylation sites (N-methyl/N-ethyl adjacent to an activating group) is 1. The maximum absolute atomic E-state index is 12.5. The summed E-state index contributed by atoms with van der Waals surface area (Å²) in [6, 6.07) is 3.51. The van der Waals surface area contributed by atoms with Gasteiger partial charge >= 0.3 is 0 Å². The fourth-order valence-electron chi connectivity index (χ4n) is 2.63. The molecule has 1 atom stereocenters. The van der Waals surface area contributed by atoms with Crippen LogP contribution in [0.15, 0.2) is 24.3 Å². The standard InChI is InChI=1S/C17H25N3O2S/c1-13-9-10-15(23-13)18-17(22)14-7-4-5-12-20(14)16(21)8-6-11-19(2)3/h6,8-10,14H,4-5,7,11-12H2,1-3H3,(H,18,22)/b8-6+. The molecule has 0 spiro atoms. The van der Waals surface area contributed by atoms with E-state index in [2.05, 4.69) is 5.32 Å². The Bertz CT molecular complexity index is 580. The summed E-state index contributed by atoms with van der Waals surface area (Å²) in [5.41, 5.74) is 0. The number of likely N-dealkylation sites (tertiary alicyclic amines) is 1. The Labute approximate surface area is 142 Å². The maximum Gasteiger partial charge on any atom is 0.247 e. The van der Waals surface area contributed by atoms with Crippen LogP contribution < -0.4 is 5.32 Å². The third-order valence-corrected chi connectivity index (χ3v) is 4.72. The summed E-state index contributed by atoms with van der Waals surface area (Å²) >= 11 is 1.55. The van der Waals surface area contributed by atoms with Gasteiger partial charge in [0, 0.05) is 24.0 Å². The quantitative estimate of drug-likeness (QED) is 0.841. The smallest absolute Gasteiger partial charge is 0.247 e. The van der Waals surface area contributed by atoms with Crippen molar-refractivity contribution in [2.24, 2.45) is 0 Å². The first-order valence-electron chi connectivity index (χ1n) is 7.96. The summed E-state index contributed by atoms with van der Waals surface area (Å²) in [6.07, 6.45) is 6.08. The Hall–Kier alpha value is -1.66. The Morgan fingerprint density at radius 3 is 2.83 bits per heavy atom. The SMILES string of the molecule is Cc1ccc(NC(=O)C2CCCCN2C(=O)/C=C/CN(C)C)s1. The minimum Gasteiger partial charge on any atom is -0.327 e. The molecule has 126 valence electrons. The number of anilines is 1. The fourth-order valence-corrected chi connectivity index (χ4v) is 3.41. The van der Waals surface area contributed by atoms with E-state index >= 15 is 0 Å². The molecule has 2 amide bonds. The molecular formula is C17H25N3O2S. The largest absolute Gasteiger partial charge is 0.327 e. The zero-order chi connectivity index (χ0) is 16.8. The van der Waals surface area contributed by atoms with E-state index in [1.54, 1.807) is 22.3 Å². The molecule has 1 fully saturated rings. The van der Waals surface area contributed by atoms with Gasteiger partial charge < -0.3 is 15.1 Å². The molecule has 1 aliphatic heterocycles. The van der Waals surface area contributed by atoms with Crippen LogP contribution in [-0.2, 0) is 9.59 Å². The average molecular weight is 335 g/mol. The van der Waals surface area contributed by atoms with E-state index in [-0.39, 0.29) is 17.9 Å². The van der Waals surface area contributed by atoms with Gasteiger partial charge in [0.25, 0.3) is 0 Å². The Balaban J connectivity index is 2.00. The van der Waals surface area contributed by atoms with Crippen molar-refractivity contribution in [3.05, 3.63) is 29.2 Å². The topological polar surface area (TPSA) is 52.7 Å². The summed E-state index contributed by atoms with van der Waals surface area (Å²) in [5.74, 6) is -0.157. The average Bonchev–Trinajstić information content (AvgIpc) is 2.91. The number of amides is 2. The highest BCUT2D eigenvalue weighted by molar-refractivity contribution is 7.16. The first-order chi connectivity index (χ1) is 11.0. The molecule has 1 aliphatic rings. The van der Waals surface area contributed by atoms with E-state index in [0.717, 1.165) is 29.1 Å². The summed E-state index contributed by atoms with van der Waals surface area (Å²) in [6.45, 7) is 3.36. The number of hydrogen-bond acceptors (Lipinski definition) is 4. The van der Waals surface area contributed by atoms with Crippen molar-refractivity contribution >= 4 is 28.2 Å². The molecule has 2 heterocycles. The van der Waals surface area contributed by atoms with Crippen LogP contribution >= 0.6 is 11.3 Å². The van der Waals surface area contributed by atoms with Crippen LogP contribution in [0.3, 0.4) is 0 Å². The van der Waals surface area contributed by atoms with Gasteiger partial charge in [-0.05, 0) is 52.4 Å². The minimum absolute atomic E-state index is 0.0749. The van der Waals surface area contributed by atoms with Crippen LogP contribution in [0, 0.1) is 6.92 Å². The van der Waals surface area contributed by atoms with Gasteiger partial charge in [0.05, 0.1) is 5.00 Å². The fraction of sp³-hybridized carbons (Fsp3) is 0.529. The molecule has 5 nitrogen and oxygen atoms in total. The Morgan fingerprint density at radius 2 is 2.17 bits per heavy atom. The molecule has 6 heteroatoms. The highest BCUT2D eigenvalue weighted by Crippen LogP contribution is 2.23. The lowest BCUT2D eigenvalue weighted by Gasteiger charge is -2.33. The van der Waals surface area contributed by atoms with Crippen LogP contribution in [0.2, 0.25) is 0 Å². The van der Waals surface area contributed by atoms with Gasteiger partial charge in [0.2, 0.25) is 11.8 Å². The maximum atomic E-state index is 12.5. The van der Waals surface area contributed by atoms with Crippen molar-refractivity contribution in [1.82, 2.24) is 9.80 Å². The third-order valence-electron chi connectivity index (χ3n) is 3.81. The van der Waals surface area contributed by atoms with Gasteiger partial charge in [-0.2, -0.15) is 0 Å². The summed E-state index contributed by atoms with van der Waals surface area (Å²) in [5, 5.41) is 3.79. The monoisotopic (exact) mass is 335 g/mol. The molecular weight excluding hydrogens is 310 g/mol. The molecule has 0 radical (unpaired) electrons. The third kappa shape index (κ3) is 5.18. The van der Waals surface area contributed by atoms with E-state index in [0.29, 0.717) is 13.1 Å². The second-order valence-electron chi connectivity index (χ2n) is 6.11. The molecule has 1 saturated heterocycles. The van der Waals surface area contributed by atoms with Gasteiger partial charge in [0.15, 0.2) is 0 Å². The van der Waals surface area contributed by atoms with Crippen LogP contribution in [-0.4, -0.2) is 54.8 Å². The summed E-state index contributed by atoms with van der Waals surface area (Å²) in [4.78, 5) is 29.8. The molecule has 0 aliphatic carbocycles. The lowest BCUT2D eigenvalue weighted by atomic mass is 10.0. The number of piperidine rings is 1. The summed E-state index contributed by atoms with van der Waals surface area (Å²) in [7, 11) is 3.91. The van der Waals surface area contributed by atoms with Crippen LogP contribution in [0.25, 0.3) is 0 Å². The van der Waals surface area contributed by atoms with E-state index < -0.39 is 0 Å². The van der Waals surface area contributed by atoms with Crippen LogP contribution in [0.1, 0.15) is 24.1 Å². The van der Waals surface area contributed by atoms with Crippen molar-refractivity contribution in [2.45, 2.75) is 32.2 Å². The van der Waals surface area contributed by atoms with Gasteiger partial charge in [-0.15, -0.1) is 11.3 Å². The number of nitrogens with one attached hydrogen (secondary N) is 1. The van der Waals surface area contributed by atoms with Crippen molar-refractivity contribution in [1.29, 1.82) is 0 Å². The number of rotatable bonds is 5. The van der Waals surface area contributed by atoms with Crippen LogP contribution in [0.4, 0.5) is 5.00 Å². The molecule has 1 aromatic rings. The first kappa shape index (κ1) is 17.7. The summed E-state index contributed by atoms with van der Waals surface area (Å²) < 4.78 is 0. The van der Waals surface area contributed by atoms with Crippen molar-refractivity contribution < 1.29 is 9.59 Å². The molecule has 0 saturated carbocycles. The Morgan fingerprint density at radius 1 is 1.39 bits per heavy atom. The van der Waals surface area contributed by atoms with Crippen LogP contribution in [0.5, 0.6) is 0 Å². The molecule has 2 rings (SSSR count).